The molecule has 6 nitrogen and oxygen atoms in total. The highest BCUT2D eigenvalue weighted by atomic mass is 32.2. The molecule has 0 amide bonds. The van der Waals surface area contributed by atoms with Gasteiger partial charge in [0.25, 0.3) is 0 Å². The zero-order valence-corrected chi connectivity index (χ0v) is 15.8. The van der Waals surface area contributed by atoms with Gasteiger partial charge in [-0.3, -0.25) is 4.79 Å². The standard InChI is InChI=1S/C18H28N2O4S/c1-3-15-7-8-17(10-16(15)4-2)25(23,24)20-9-5-6-14(13-20)11-19-12-18(21)22/h7-8,10,14,19H,3-6,9,11-13H2,1-2H3,(H,21,22). The average molecular weight is 368 g/mol. The molecule has 0 radical (unpaired) electrons. The fourth-order valence-electron chi connectivity index (χ4n) is 3.38. The summed E-state index contributed by atoms with van der Waals surface area (Å²) >= 11 is 0. The molecule has 0 spiro atoms. The maximum absolute atomic E-state index is 13.0. The summed E-state index contributed by atoms with van der Waals surface area (Å²) in [6.45, 7) is 5.49. The second kappa shape index (κ2) is 8.78. The van der Waals surface area contributed by atoms with E-state index in [1.807, 2.05) is 13.0 Å². The van der Waals surface area contributed by atoms with Crippen LogP contribution in [0, 0.1) is 5.92 Å². The number of benzene rings is 1. The number of aryl methyl sites for hydroxylation is 2. The van der Waals surface area contributed by atoms with E-state index in [0.29, 0.717) is 24.5 Å². The minimum Gasteiger partial charge on any atom is -0.480 e. The predicted molar refractivity (Wildman–Crippen MR) is 97.2 cm³/mol. The molecule has 1 aromatic carbocycles. The Morgan fingerprint density at radius 1 is 1.28 bits per heavy atom. The van der Waals surface area contributed by atoms with E-state index in [1.165, 1.54) is 5.56 Å². The Labute approximate surface area is 150 Å². The number of carbonyl (C=O) groups is 1. The van der Waals surface area contributed by atoms with Crippen molar-refractivity contribution in [2.45, 2.75) is 44.4 Å². The number of carboxylic acid groups (broad SMARTS) is 1. The van der Waals surface area contributed by atoms with Crippen molar-refractivity contribution in [1.29, 1.82) is 0 Å². The Bertz CT molecular complexity index is 703. The number of piperidine rings is 1. The van der Waals surface area contributed by atoms with E-state index in [4.69, 9.17) is 5.11 Å². The average Bonchev–Trinajstić information content (AvgIpc) is 2.61. The molecule has 0 bridgehead atoms. The largest absolute Gasteiger partial charge is 0.480 e. The van der Waals surface area contributed by atoms with Gasteiger partial charge in [-0.25, -0.2) is 8.42 Å². The Hall–Kier alpha value is -1.44. The SMILES string of the molecule is CCc1ccc(S(=O)(=O)N2CCCC(CNCC(=O)O)C2)cc1CC. The first-order valence-corrected chi connectivity index (χ1v) is 10.4. The molecule has 140 valence electrons. The van der Waals surface area contributed by atoms with E-state index in [2.05, 4.69) is 12.2 Å². The van der Waals surface area contributed by atoms with Gasteiger partial charge in [-0.1, -0.05) is 19.9 Å². The lowest BCUT2D eigenvalue weighted by Crippen LogP contribution is -2.43. The fraction of sp³-hybridized carbons (Fsp3) is 0.611. The van der Waals surface area contributed by atoms with Gasteiger partial charge in [-0.2, -0.15) is 4.31 Å². The molecule has 0 saturated carbocycles. The molecule has 1 saturated heterocycles. The third-order valence-corrected chi connectivity index (χ3v) is 6.63. The predicted octanol–water partition coefficient (Wildman–Crippen LogP) is 1.89. The van der Waals surface area contributed by atoms with Gasteiger partial charge in [0.15, 0.2) is 0 Å². The number of nitrogens with zero attached hydrogens (tertiary/aromatic N) is 1. The van der Waals surface area contributed by atoms with E-state index in [0.717, 1.165) is 31.2 Å². The maximum Gasteiger partial charge on any atom is 0.317 e. The van der Waals surface area contributed by atoms with Crippen molar-refractivity contribution in [2.75, 3.05) is 26.2 Å². The normalized spacial score (nSPS) is 19.0. The van der Waals surface area contributed by atoms with Crippen LogP contribution in [0.5, 0.6) is 0 Å². The molecular weight excluding hydrogens is 340 g/mol. The number of hydrogen-bond donors (Lipinski definition) is 2. The molecule has 1 aliphatic heterocycles. The molecule has 1 aromatic rings. The van der Waals surface area contributed by atoms with Gasteiger partial charge in [0.2, 0.25) is 10.0 Å². The van der Waals surface area contributed by atoms with E-state index >= 15 is 0 Å². The summed E-state index contributed by atoms with van der Waals surface area (Å²) in [5.74, 6) is -0.758. The summed E-state index contributed by atoms with van der Waals surface area (Å²) in [4.78, 5) is 11.0. The highest BCUT2D eigenvalue weighted by Crippen LogP contribution is 2.25. The number of rotatable bonds is 8. The van der Waals surface area contributed by atoms with Gasteiger partial charge in [0.1, 0.15) is 0 Å². The zero-order chi connectivity index (χ0) is 18.4. The van der Waals surface area contributed by atoms with Crippen LogP contribution < -0.4 is 5.32 Å². The van der Waals surface area contributed by atoms with Gasteiger partial charge >= 0.3 is 5.97 Å². The van der Waals surface area contributed by atoms with Gasteiger partial charge in [0, 0.05) is 13.1 Å². The highest BCUT2D eigenvalue weighted by Gasteiger charge is 2.30. The molecular formula is C18H28N2O4S. The first-order valence-electron chi connectivity index (χ1n) is 8.92. The molecule has 2 rings (SSSR count). The first kappa shape index (κ1) is 19.9. The van der Waals surface area contributed by atoms with Gasteiger partial charge in [0.05, 0.1) is 11.4 Å². The third kappa shape index (κ3) is 5.03. The van der Waals surface area contributed by atoms with Crippen LogP contribution in [0.15, 0.2) is 23.1 Å². The molecule has 1 unspecified atom stereocenters. The van der Waals surface area contributed by atoms with Gasteiger partial charge < -0.3 is 10.4 Å². The second-order valence-corrected chi connectivity index (χ2v) is 8.47. The molecule has 7 heteroatoms. The summed E-state index contributed by atoms with van der Waals surface area (Å²) in [6, 6.07) is 5.43. The van der Waals surface area contributed by atoms with Crippen molar-refractivity contribution in [2.24, 2.45) is 5.92 Å². The van der Waals surface area contributed by atoms with Gasteiger partial charge in [-0.05, 0) is 61.4 Å². The second-order valence-electron chi connectivity index (χ2n) is 6.53. The summed E-state index contributed by atoms with van der Waals surface area (Å²) in [6.07, 6.45) is 3.42. The number of hydrogen-bond acceptors (Lipinski definition) is 4. The molecule has 25 heavy (non-hydrogen) atoms. The topological polar surface area (TPSA) is 86.7 Å². The quantitative estimate of drug-likeness (QED) is 0.732. The molecule has 1 aliphatic rings. The number of carboxylic acids is 1. The summed E-state index contributed by atoms with van der Waals surface area (Å²) in [5, 5.41) is 11.6. The van der Waals surface area contributed by atoms with Crippen LogP contribution >= 0.6 is 0 Å². The Kier molecular flexibility index (Phi) is 6.98. The van der Waals surface area contributed by atoms with Crippen LogP contribution in [0.1, 0.15) is 37.8 Å². The van der Waals surface area contributed by atoms with Crippen molar-refractivity contribution >= 4 is 16.0 Å². The van der Waals surface area contributed by atoms with Crippen LogP contribution in [0.25, 0.3) is 0 Å². The highest BCUT2D eigenvalue weighted by molar-refractivity contribution is 7.89. The summed E-state index contributed by atoms with van der Waals surface area (Å²) in [5.41, 5.74) is 2.27. The molecule has 0 aliphatic carbocycles. The van der Waals surface area contributed by atoms with Gasteiger partial charge in [-0.15, -0.1) is 0 Å². The molecule has 2 N–H and O–H groups in total. The number of sulfonamides is 1. The van der Waals surface area contributed by atoms with Crippen LogP contribution in [-0.4, -0.2) is 50.0 Å². The lowest BCUT2D eigenvalue weighted by molar-refractivity contribution is -0.136. The lowest BCUT2D eigenvalue weighted by atomic mass is 10.00. The molecule has 0 aromatic heterocycles. The van der Waals surface area contributed by atoms with Crippen molar-refractivity contribution in [3.8, 4) is 0 Å². The molecule has 1 fully saturated rings. The smallest absolute Gasteiger partial charge is 0.317 e. The van der Waals surface area contributed by atoms with Crippen molar-refractivity contribution in [1.82, 2.24) is 9.62 Å². The first-order chi connectivity index (χ1) is 11.9. The number of nitrogens with one attached hydrogen (secondary N) is 1. The van der Waals surface area contributed by atoms with Crippen LogP contribution in [0.2, 0.25) is 0 Å². The van der Waals surface area contributed by atoms with Crippen molar-refractivity contribution in [3.05, 3.63) is 29.3 Å². The summed E-state index contributed by atoms with van der Waals surface area (Å²) in [7, 11) is -3.50. The Morgan fingerprint density at radius 3 is 2.64 bits per heavy atom. The van der Waals surface area contributed by atoms with E-state index in [9.17, 15) is 13.2 Å². The Morgan fingerprint density at radius 2 is 2.00 bits per heavy atom. The van der Waals surface area contributed by atoms with E-state index in [1.54, 1.807) is 16.4 Å². The zero-order valence-electron chi connectivity index (χ0n) is 15.0. The minimum atomic E-state index is -3.50. The van der Waals surface area contributed by atoms with Crippen molar-refractivity contribution < 1.29 is 18.3 Å². The summed E-state index contributed by atoms with van der Waals surface area (Å²) < 4.78 is 27.5. The van der Waals surface area contributed by atoms with E-state index < -0.39 is 16.0 Å². The van der Waals surface area contributed by atoms with Crippen LogP contribution in [0.4, 0.5) is 0 Å². The Balaban J connectivity index is 2.11. The third-order valence-electron chi connectivity index (χ3n) is 4.77. The monoisotopic (exact) mass is 368 g/mol. The van der Waals surface area contributed by atoms with E-state index in [-0.39, 0.29) is 12.5 Å². The molecule has 1 atom stereocenters. The lowest BCUT2D eigenvalue weighted by Gasteiger charge is -2.32. The number of aliphatic carboxylic acids is 1. The minimum absolute atomic E-state index is 0.0956. The van der Waals surface area contributed by atoms with Crippen LogP contribution in [-0.2, 0) is 27.7 Å². The molecule has 1 heterocycles. The maximum atomic E-state index is 13.0. The van der Waals surface area contributed by atoms with Crippen molar-refractivity contribution in [3.63, 3.8) is 0 Å². The fourth-order valence-corrected chi connectivity index (χ4v) is 4.99. The van der Waals surface area contributed by atoms with Crippen LogP contribution in [0.3, 0.4) is 0 Å².